The van der Waals surface area contributed by atoms with Gasteiger partial charge in [-0.05, 0) is 23.8 Å². The quantitative estimate of drug-likeness (QED) is 0.574. The Kier molecular flexibility index (Phi) is 2.45. The number of rotatable bonds is 1. The Morgan fingerprint density at radius 3 is 3.00 bits per heavy atom. The van der Waals surface area contributed by atoms with Gasteiger partial charge in [-0.1, -0.05) is 0 Å². The lowest BCUT2D eigenvalue weighted by Gasteiger charge is -2.03. The average Bonchev–Trinajstić information content (AvgIpc) is 2.60. The summed E-state index contributed by atoms with van der Waals surface area (Å²) < 4.78 is 0.928. The van der Waals surface area contributed by atoms with Crippen molar-refractivity contribution in [2.24, 2.45) is 0 Å². The van der Waals surface area contributed by atoms with Gasteiger partial charge in [-0.2, -0.15) is 0 Å². The van der Waals surface area contributed by atoms with Crippen molar-refractivity contribution in [3.63, 3.8) is 0 Å². The summed E-state index contributed by atoms with van der Waals surface area (Å²) >= 11 is 7.43. The van der Waals surface area contributed by atoms with Crippen LogP contribution in [0.25, 0.3) is 10.1 Å². The minimum absolute atomic E-state index is 0.297. The maximum absolute atomic E-state index is 9.69. The van der Waals surface area contributed by atoms with Crippen molar-refractivity contribution < 1.29 is 5.11 Å². The normalized spacial score (nSPS) is 10.9. The van der Waals surface area contributed by atoms with Gasteiger partial charge in [0.25, 0.3) is 0 Å². The highest BCUT2D eigenvalue weighted by molar-refractivity contribution is 7.98. The van der Waals surface area contributed by atoms with Crippen LogP contribution in [-0.4, -0.2) is 11.4 Å². The lowest BCUT2D eigenvalue weighted by atomic mass is 10.2. The van der Waals surface area contributed by atoms with Crippen molar-refractivity contribution in [3.05, 3.63) is 17.5 Å². The Hall–Kier alpha value is -0.320. The molecule has 0 fully saturated rings. The van der Waals surface area contributed by atoms with Gasteiger partial charge in [0.05, 0.1) is 4.70 Å². The van der Waals surface area contributed by atoms with E-state index in [9.17, 15) is 5.11 Å². The molecule has 0 aliphatic heterocycles. The van der Waals surface area contributed by atoms with Crippen LogP contribution in [0.15, 0.2) is 27.3 Å². The highest BCUT2D eigenvalue weighted by atomic mass is 32.2. The summed E-state index contributed by atoms with van der Waals surface area (Å²) in [5, 5.41) is 12.8. The maximum Gasteiger partial charge on any atom is 0.146 e. The van der Waals surface area contributed by atoms with E-state index in [1.54, 1.807) is 23.1 Å². The Balaban J connectivity index is 2.87. The fourth-order valence-corrected chi connectivity index (χ4v) is 3.20. The zero-order chi connectivity index (χ0) is 9.42. The van der Waals surface area contributed by atoms with Gasteiger partial charge >= 0.3 is 0 Å². The van der Waals surface area contributed by atoms with Crippen molar-refractivity contribution in [3.8, 4) is 5.75 Å². The minimum Gasteiger partial charge on any atom is -0.505 e. The second-order valence-electron chi connectivity index (χ2n) is 2.61. The molecule has 0 unspecified atom stereocenters. The van der Waals surface area contributed by atoms with E-state index in [-0.39, 0.29) is 0 Å². The highest BCUT2D eigenvalue weighted by Crippen LogP contribution is 2.40. The number of thiophene rings is 1. The number of hydrogen-bond donors (Lipinski definition) is 2. The zero-order valence-electron chi connectivity index (χ0n) is 6.94. The van der Waals surface area contributed by atoms with Crippen molar-refractivity contribution in [2.45, 2.75) is 9.79 Å². The SMILES string of the molecule is CSc1cc(S)c(O)c2sccc12. The fraction of sp³-hybridized carbons (Fsp3) is 0.111. The molecular weight excluding hydrogens is 220 g/mol. The van der Waals surface area contributed by atoms with E-state index in [0.717, 1.165) is 10.1 Å². The van der Waals surface area contributed by atoms with Crippen LogP contribution in [0.2, 0.25) is 0 Å². The van der Waals surface area contributed by atoms with Gasteiger partial charge in [0.1, 0.15) is 5.75 Å². The minimum atomic E-state index is 0.297. The number of thioether (sulfide) groups is 1. The summed E-state index contributed by atoms with van der Waals surface area (Å²) in [7, 11) is 0. The predicted octanol–water partition coefficient (Wildman–Crippen LogP) is 3.62. The van der Waals surface area contributed by atoms with Gasteiger partial charge in [-0.3, -0.25) is 0 Å². The monoisotopic (exact) mass is 228 g/mol. The van der Waals surface area contributed by atoms with Crippen LogP contribution in [0.1, 0.15) is 0 Å². The van der Waals surface area contributed by atoms with Gasteiger partial charge in [-0.15, -0.1) is 35.7 Å². The average molecular weight is 228 g/mol. The summed E-state index contributed by atoms with van der Waals surface area (Å²) in [5.74, 6) is 0.297. The van der Waals surface area contributed by atoms with E-state index in [0.29, 0.717) is 10.6 Å². The summed E-state index contributed by atoms with van der Waals surface area (Å²) in [5.41, 5.74) is 0. The predicted molar refractivity (Wildman–Crippen MR) is 62.5 cm³/mol. The first-order chi connectivity index (χ1) is 6.24. The molecular formula is C9H8OS3. The summed E-state index contributed by atoms with van der Waals surface area (Å²) in [6.45, 7) is 0. The number of phenolic OH excluding ortho intramolecular Hbond substituents is 1. The second kappa shape index (κ2) is 3.44. The first kappa shape index (κ1) is 9.24. The number of thiol groups is 1. The molecule has 0 saturated carbocycles. The molecule has 1 heterocycles. The molecule has 0 amide bonds. The third-order valence-corrected chi connectivity index (χ3v) is 3.92. The van der Waals surface area contributed by atoms with Gasteiger partial charge in [0, 0.05) is 15.2 Å². The molecule has 0 aliphatic rings. The molecule has 1 N–H and O–H groups in total. The van der Waals surface area contributed by atoms with Crippen LogP contribution >= 0.6 is 35.7 Å². The lowest BCUT2D eigenvalue weighted by molar-refractivity contribution is 0.470. The van der Waals surface area contributed by atoms with E-state index >= 15 is 0 Å². The van der Waals surface area contributed by atoms with E-state index in [1.807, 2.05) is 23.8 Å². The molecule has 0 saturated heterocycles. The molecule has 13 heavy (non-hydrogen) atoms. The van der Waals surface area contributed by atoms with Crippen LogP contribution in [0.5, 0.6) is 5.75 Å². The molecule has 0 atom stereocenters. The van der Waals surface area contributed by atoms with Crippen molar-refractivity contribution in [1.82, 2.24) is 0 Å². The summed E-state index contributed by atoms with van der Waals surface area (Å²) in [4.78, 5) is 1.82. The number of phenols is 1. The third-order valence-electron chi connectivity index (χ3n) is 1.88. The van der Waals surface area contributed by atoms with Gasteiger partial charge < -0.3 is 5.11 Å². The van der Waals surface area contributed by atoms with E-state index < -0.39 is 0 Å². The molecule has 1 nitrogen and oxygen atoms in total. The van der Waals surface area contributed by atoms with Crippen LogP contribution < -0.4 is 0 Å². The number of benzene rings is 1. The molecule has 2 aromatic rings. The third kappa shape index (κ3) is 1.43. The smallest absolute Gasteiger partial charge is 0.146 e. The maximum atomic E-state index is 9.69. The largest absolute Gasteiger partial charge is 0.505 e. The van der Waals surface area contributed by atoms with Crippen molar-refractivity contribution in [2.75, 3.05) is 6.26 Å². The zero-order valence-corrected chi connectivity index (χ0v) is 9.47. The van der Waals surface area contributed by atoms with Gasteiger partial charge in [0.2, 0.25) is 0 Å². The topological polar surface area (TPSA) is 20.2 Å². The Morgan fingerprint density at radius 2 is 2.31 bits per heavy atom. The van der Waals surface area contributed by atoms with Gasteiger partial charge in [-0.25, -0.2) is 0 Å². The molecule has 1 aromatic heterocycles. The number of aromatic hydroxyl groups is 1. The lowest BCUT2D eigenvalue weighted by Crippen LogP contribution is -1.75. The first-order valence-electron chi connectivity index (χ1n) is 3.70. The molecule has 0 aliphatic carbocycles. The standard InChI is InChI=1S/C9H8OS3/c1-12-7-4-6(11)8(10)9-5(7)2-3-13-9/h2-4,10-11H,1H3. The number of hydrogen-bond acceptors (Lipinski definition) is 4. The highest BCUT2D eigenvalue weighted by Gasteiger charge is 2.09. The van der Waals surface area contributed by atoms with Crippen LogP contribution in [0, 0.1) is 0 Å². The molecule has 4 heteroatoms. The molecule has 0 radical (unpaired) electrons. The number of fused-ring (bicyclic) bond motifs is 1. The first-order valence-corrected chi connectivity index (χ1v) is 6.25. The van der Waals surface area contributed by atoms with E-state index in [1.165, 1.54) is 4.90 Å². The van der Waals surface area contributed by atoms with E-state index in [2.05, 4.69) is 12.6 Å². The van der Waals surface area contributed by atoms with Crippen LogP contribution in [0.4, 0.5) is 0 Å². The van der Waals surface area contributed by atoms with Crippen LogP contribution in [0.3, 0.4) is 0 Å². The van der Waals surface area contributed by atoms with Crippen molar-refractivity contribution in [1.29, 1.82) is 0 Å². The van der Waals surface area contributed by atoms with E-state index in [4.69, 9.17) is 0 Å². The molecule has 0 spiro atoms. The Morgan fingerprint density at radius 1 is 1.54 bits per heavy atom. The molecule has 0 bridgehead atoms. The Labute approximate surface area is 90.2 Å². The second-order valence-corrected chi connectivity index (χ2v) is 4.86. The summed E-state index contributed by atoms with van der Waals surface area (Å²) in [6, 6.07) is 3.93. The molecule has 68 valence electrons. The fourth-order valence-electron chi connectivity index (χ4n) is 1.24. The summed E-state index contributed by atoms with van der Waals surface area (Å²) in [6.07, 6.45) is 2.02. The Bertz CT molecular complexity index is 447. The molecule has 1 aromatic carbocycles. The van der Waals surface area contributed by atoms with Crippen LogP contribution in [-0.2, 0) is 0 Å². The van der Waals surface area contributed by atoms with Gasteiger partial charge in [0.15, 0.2) is 0 Å². The van der Waals surface area contributed by atoms with Crippen molar-refractivity contribution >= 4 is 45.8 Å². The molecule has 2 rings (SSSR count).